The van der Waals surface area contributed by atoms with Gasteiger partial charge >= 0.3 is 0 Å². The van der Waals surface area contributed by atoms with Crippen LogP contribution in [0.15, 0.2) is 24.3 Å². The van der Waals surface area contributed by atoms with Crippen LogP contribution in [0.2, 0.25) is 0 Å². The van der Waals surface area contributed by atoms with Crippen LogP contribution in [-0.4, -0.2) is 48.1 Å². The second kappa shape index (κ2) is 8.21. The first-order valence-electron chi connectivity index (χ1n) is 10.4. The Morgan fingerprint density at radius 1 is 1.18 bits per heavy atom. The van der Waals surface area contributed by atoms with Crippen LogP contribution in [-0.2, 0) is 16.1 Å². The van der Waals surface area contributed by atoms with Gasteiger partial charge in [-0.2, -0.15) is 0 Å². The fraction of sp³-hybridized carbons (Fsp3) is 0.636. The van der Waals surface area contributed by atoms with E-state index in [1.807, 2.05) is 49.9 Å². The average molecular weight is 388 g/mol. The van der Waals surface area contributed by atoms with E-state index in [0.29, 0.717) is 25.1 Å². The molecular formula is C22H33N3O3. The van der Waals surface area contributed by atoms with Crippen molar-refractivity contribution in [3.8, 4) is 0 Å². The Bertz CT molecular complexity index is 710. The second-order valence-corrected chi connectivity index (χ2v) is 8.57. The van der Waals surface area contributed by atoms with Crippen LogP contribution in [0.1, 0.15) is 62.4 Å². The van der Waals surface area contributed by atoms with Gasteiger partial charge in [-0.05, 0) is 43.9 Å². The third-order valence-corrected chi connectivity index (χ3v) is 6.53. The Morgan fingerprint density at radius 2 is 1.82 bits per heavy atom. The van der Waals surface area contributed by atoms with Crippen LogP contribution in [0.5, 0.6) is 0 Å². The van der Waals surface area contributed by atoms with Crippen molar-refractivity contribution in [3.63, 3.8) is 0 Å². The summed E-state index contributed by atoms with van der Waals surface area (Å²) in [5, 5.41) is 2.96. The van der Waals surface area contributed by atoms with Gasteiger partial charge in [0, 0.05) is 43.6 Å². The zero-order valence-electron chi connectivity index (χ0n) is 17.3. The fourth-order valence-corrected chi connectivity index (χ4v) is 4.21. The molecule has 2 unspecified atom stereocenters. The minimum atomic E-state index is -0.920. The molecular weight excluding hydrogens is 354 g/mol. The number of carbonyl (C=O) groups is 2. The van der Waals surface area contributed by atoms with Crippen molar-refractivity contribution in [2.24, 2.45) is 11.1 Å². The van der Waals surface area contributed by atoms with Crippen molar-refractivity contribution < 1.29 is 14.3 Å². The lowest BCUT2D eigenvalue weighted by Gasteiger charge is -2.57. The van der Waals surface area contributed by atoms with E-state index in [1.54, 1.807) is 0 Å². The van der Waals surface area contributed by atoms with Crippen LogP contribution < -0.4 is 11.1 Å². The van der Waals surface area contributed by atoms with Crippen LogP contribution in [0.25, 0.3) is 0 Å². The number of nitrogens with two attached hydrogens (primary N) is 1. The standard InChI is InChI=1S/C22H33N3O3/c1-4-28-18-14-22(23,21(18,2)3)20(27)24-15-16-8-10-17(11-9-16)19(26)25-12-6-5-7-13-25/h8-11,18H,4-7,12-15,23H2,1-3H3,(H,24,27). The number of carbonyl (C=O) groups excluding carboxylic acids is 2. The Kier molecular flexibility index (Phi) is 6.10. The van der Waals surface area contributed by atoms with Gasteiger partial charge in [0.2, 0.25) is 5.91 Å². The zero-order chi connectivity index (χ0) is 20.4. The van der Waals surface area contributed by atoms with Gasteiger partial charge in [0.05, 0.1) is 6.10 Å². The third kappa shape index (κ3) is 3.80. The van der Waals surface area contributed by atoms with E-state index in [0.717, 1.165) is 31.5 Å². The van der Waals surface area contributed by atoms with Crippen LogP contribution in [0, 0.1) is 5.41 Å². The highest BCUT2D eigenvalue weighted by molar-refractivity contribution is 5.94. The fourth-order valence-electron chi connectivity index (χ4n) is 4.21. The van der Waals surface area contributed by atoms with Crippen LogP contribution in [0.3, 0.4) is 0 Å². The van der Waals surface area contributed by atoms with Gasteiger partial charge in [-0.1, -0.05) is 26.0 Å². The Morgan fingerprint density at radius 3 is 2.39 bits per heavy atom. The van der Waals surface area contributed by atoms with Crippen molar-refractivity contribution in [2.75, 3.05) is 19.7 Å². The summed E-state index contributed by atoms with van der Waals surface area (Å²) in [6.45, 7) is 8.61. The molecule has 0 radical (unpaired) electrons. The van der Waals surface area contributed by atoms with Crippen molar-refractivity contribution in [3.05, 3.63) is 35.4 Å². The molecule has 0 spiro atoms. The molecule has 1 aromatic rings. The summed E-state index contributed by atoms with van der Waals surface area (Å²) in [4.78, 5) is 27.2. The number of rotatable bonds is 6. The van der Waals surface area contributed by atoms with E-state index >= 15 is 0 Å². The molecule has 1 saturated carbocycles. The summed E-state index contributed by atoms with van der Waals surface area (Å²) in [6, 6.07) is 7.48. The molecule has 1 aromatic carbocycles. The minimum absolute atomic E-state index is 0.00772. The molecule has 2 atom stereocenters. The van der Waals surface area contributed by atoms with E-state index in [1.165, 1.54) is 6.42 Å². The Labute approximate surface area is 167 Å². The number of nitrogens with zero attached hydrogens (tertiary/aromatic N) is 1. The number of piperidine rings is 1. The van der Waals surface area contributed by atoms with Gasteiger partial charge < -0.3 is 20.7 Å². The first-order valence-corrected chi connectivity index (χ1v) is 10.4. The zero-order valence-corrected chi connectivity index (χ0v) is 17.3. The highest BCUT2D eigenvalue weighted by Crippen LogP contribution is 2.49. The summed E-state index contributed by atoms with van der Waals surface area (Å²) < 4.78 is 5.69. The number of hydrogen-bond acceptors (Lipinski definition) is 4. The Hall–Kier alpha value is -1.92. The molecule has 1 heterocycles. The van der Waals surface area contributed by atoms with Gasteiger partial charge in [-0.3, -0.25) is 9.59 Å². The monoisotopic (exact) mass is 387 g/mol. The maximum Gasteiger partial charge on any atom is 0.253 e. The second-order valence-electron chi connectivity index (χ2n) is 8.57. The molecule has 2 fully saturated rings. The SMILES string of the molecule is CCOC1CC(N)(C(=O)NCc2ccc(C(=O)N3CCCCC3)cc2)C1(C)C. The summed E-state index contributed by atoms with van der Waals surface area (Å²) in [5.41, 5.74) is 6.74. The van der Waals surface area contributed by atoms with Crippen molar-refractivity contribution in [1.82, 2.24) is 10.2 Å². The van der Waals surface area contributed by atoms with E-state index < -0.39 is 11.0 Å². The van der Waals surface area contributed by atoms with Gasteiger partial charge in [0.15, 0.2) is 0 Å². The molecule has 2 amide bonds. The summed E-state index contributed by atoms with van der Waals surface area (Å²) in [6.07, 6.45) is 3.90. The van der Waals surface area contributed by atoms with Crippen molar-refractivity contribution in [2.45, 2.75) is 64.6 Å². The number of ether oxygens (including phenoxy) is 1. The number of benzene rings is 1. The van der Waals surface area contributed by atoms with Gasteiger partial charge in [0.1, 0.15) is 5.54 Å². The van der Waals surface area contributed by atoms with Crippen molar-refractivity contribution >= 4 is 11.8 Å². The van der Waals surface area contributed by atoms with Crippen LogP contribution in [0.4, 0.5) is 0 Å². The third-order valence-electron chi connectivity index (χ3n) is 6.53. The summed E-state index contributed by atoms with van der Waals surface area (Å²) in [7, 11) is 0. The quantitative estimate of drug-likeness (QED) is 0.785. The number of nitrogens with one attached hydrogen (secondary N) is 1. The lowest BCUT2D eigenvalue weighted by molar-refractivity contribution is -0.170. The molecule has 0 aromatic heterocycles. The van der Waals surface area contributed by atoms with E-state index in [9.17, 15) is 9.59 Å². The number of likely N-dealkylation sites (tertiary alicyclic amines) is 1. The number of hydrogen-bond donors (Lipinski definition) is 2. The van der Waals surface area contributed by atoms with Crippen LogP contribution >= 0.6 is 0 Å². The highest BCUT2D eigenvalue weighted by atomic mass is 16.5. The summed E-state index contributed by atoms with van der Waals surface area (Å²) >= 11 is 0. The molecule has 1 saturated heterocycles. The lowest BCUT2D eigenvalue weighted by Crippen LogP contribution is -2.75. The average Bonchev–Trinajstić information content (AvgIpc) is 2.72. The van der Waals surface area contributed by atoms with E-state index in [4.69, 9.17) is 10.5 Å². The number of amides is 2. The first kappa shape index (κ1) is 20.8. The van der Waals surface area contributed by atoms with Gasteiger partial charge in [-0.25, -0.2) is 0 Å². The molecule has 2 aliphatic rings. The highest BCUT2D eigenvalue weighted by Gasteiger charge is 2.62. The predicted molar refractivity (Wildman–Crippen MR) is 109 cm³/mol. The molecule has 6 heteroatoms. The normalized spacial score (nSPS) is 26.4. The molecule has 3 N–H and O–H groups in total. The molecule has 6 nitrogen and oxygen atoms in total. The van der Waals surface area contributed by atoms with Gasteiger partial charge in [-0.15, -0.1) is 0 Å². The molecule has 1 aliphatic heterocycles. The molecule has 0 bridgehead atoms. The maximum atomic E-state index is 12.7. The molecule has 28 heavy (non-hydrogen) atoms. The smallest absolute Gasteiger partial charge is 0.253 e. The minimum Gasteiger partial charge on any atom is -0.378 e. The topological polar surface area (TPSA) is 84.7 Å². The molecule has 154 valence electrons. The maximum absolute atomic E-state index is 12.7. The predicted octanol–water partition coefficient (Wildman–Crippen LogP) is 2.46. The van der Waals surface area contributed by atoms with Gasteiger partial charge in [0.25, 0.3) is 5.91 Å². The molecule has 1 aliphatic carbocycles. The Balaban J connectivity index is 1.55. The summed E-state index contributed by atoms with van der Waals surface area (Å²) in [5.74, 6) is -0.0590. The lowest BCUT2D eigenvalue weighted by atomic mass is 9.54. The molecule has 3 rings (SSSR count). The first-order chi connectivity index (χ1) is 13.3. The van der Waals surface area contributed by atoms with Crippen molar-refractivity contribution in [1.29, 1.82) is 0 Å². The van der Waals surface area contributed by atoms with E-state index in [-0.39, 0.29) is 17.9 Å². The van der Waals surface area contributed by atoms with E-state index in [2.05, 4.69) is 5.32 Å². The largest absolute Gasteiger partial charge is 0.378 e.